The van der Waals surface area contributed by atoms with E-state index < -0.39 is 0 Å². The average molecular weight is 194 g/mol. The van der Waals surface area contributed by atoms with Crippen LogP contribution in [0.5, 0.6) is 0 Å². The molecule has 0 radical (unpaired) electrons. The minimum Gasteiger partial charge on any atom is -0.297 e. The minimum absolute atomic E-state index is 0.944. The minimum atomic E-state index is 0.944. The molecule has 0 unspecified atom stereocenters. The number of nitrogens with zero attached hydrogens (tertiary/aromatic N) is 4. The zero-order chi connectivity index (χ0) is 9.97. The van der Waals surface area contributed by atoms with Gasteiger partial charge in [0.05, 0.1) is 13.1 Å². The first-order chi connectivity index (χ1) is 6.79. The van der Waals surface area contributed by atoms with Gasteiger partial charge in [0.1, 0.15) is 5.82 Å². The van der Waals surface area contributed by atoms with Gasteiger partial charge in [0.15, 0.2) is 5.82 Å². The van der Waals surface area contributed by atoms with Crippen molar-refractivity contribution in [2.24, 2.45) is 0 Å². The molecule has 0 spiro atoms. The van der Waals surface area contributed by atoms with Crippen LogP contribution in [0.2, 0.25) is 0 Å². The van der Waals surface area contributed by atoms with Crippen LogP contribution >= 0.6 is 0 Å². The molecule has 0 atom stereocenters. The monoisotopic (exact) mass is 194 g/mol. The summed E-state index contributed by atoms with van der Waals surface area (Å²) in [4.78, 5) is 6.83. The molecule has 4 nitrogen and oxygen atoms in total. The zero-order valence-corrected chi connectivity index (χ0v) is 9.03. The number of hydrogen-bond acceptors (Lipinski definition) is 3. The summed E-state index contributed by atoms with van der Waals surface area (Å²) in [5, 5.41) is 4.50. The molecule has 0 aliphatic carbocycles. The molecular formula is C10H18N4. The van der Waals surface area contributed by atoms with Crippen molar-refractivity contribution in [1.29, 1.82) is 0 Å². The summed E-state index contributed by atoms with van der Waals surface area (Å²) in [6.45, 7) is 5.22. The van der Waals surface area contributed by atoms with E-state index in [9.17, 15) is 0 Å². The Hall–Kier alpha value is -0.900. The largest absolute Gasteiger partial charge is 0.297 e. The Morgan fingerprint density at radius 1 is 1.36 bits per heavy atom. The third-order valence-electron chi connectivity index (χ3n) is 2.65. The summed E-state index contributed by atoms with van der Waals surface area (Å²) >= 11 is 0. The maximum Gasteiger partial charge on any atom is 0.151 e. The molecule has 0 fully saturated rings. The summed E-state index contributed by atoms with van der Waals surface area (Å²) in [6, 6.07) is 0. The first-order valence-corrected chi connectivity index (χ1v) is 5.40. The molecule has 0 saturated heterocycles. The Kier molecular flexibility index (Phi) is 2.82. The lowest BCUT2D eigenvalue weighted by molar-refractivity contribution is 0.254. The molecule has 2 heterocycles. The van der Waals surface area contributed by atoms with Gasteiger partial charge >= 0.3 is 0 Å². The normalized spacial score (nSPS) is 17.0. The molecule has 1 aliphatic rings. The quantitative estimate of drug-likeness (QED) is 0.721. The molecule has 1 aromatic heterocycles. The second-order valence-corrected chi connectivity index (χ2v) is 4.01. The average Bonchev–Trinajstić information content (AvgIpc) is 2.56. The fraction of sp³-hybridized carbons (Fsp3) is 0.800. The summed E-state index contributed by atoms with van der Waals surface area (Å²) in [5.41, 5.74) is 0. The third kappa shape index (κ3) is 1.95. The standard InChI is InChI=1S/C10H18N4/c1-3-4-5-9-11-10-8-13(2)6-7-14(10)12-9/h3-8H2,1-2H3. The molecule has 1 aromatic rings. The second kappa shape index (κ2) is 4.09. The van der Waals surface area contributed by atoms with Gasteiger partial charge in [-0.05, 0) is 13.5 Å². The fourth-order valence-corrected chi connectivity index (χ4v) is 1.75. The van der Waals surface area contributed by atoms with Gasteiger partial charge < -0.3 is 0 Å². The van der Waals surface area contributed by atoms with Gasteiger partial charge in [-0.3, -0.25) is 4.90 Å². The Morgan fingerprint density at radius 2 is 2.21 bits per heavy atom. The van der Waals surface area contributed by atoms with Crippen molar-refractivity contribution in [3.63, 3.8) is 0 Å². The predicted octanol–water partition coefficient (Wildman–Crippen LogP) is 1.07. The Balaban J connectivity index is 2.07. The van der Waals surface area contributed by atoms with Gasteiger partial charge in [-0.15, -0.1) is 0 Å². The smallest absolute Gasteiger partial charge is 0.151 e. The lowest BCUT2D eigenvalue weighted by Gasteiger charge is -2.21. The van der Waals surface area contributed by atoms with Crippen molar-refractivity contribution in [2.45, 2.75) is 39.3 Å². The van der Waals surface area contributed by atoms with Crippen LogP contribution in [-0.2, 0) is 19.5 Å². The number of aryl methyl sites for hydroxylation is 1. The summed E-state index contributed by atoms with van der Waals surface area (Å²) < 4.78 is 2.06. The number of hydrogen-bond donors (Lipinski definition) is 0. The maximum atomic E-state index is 4.55. The topological polar surface area (TPSA) is 34.0 Å². The van der Waals surface area contributed by atoms with Crippen LogP contribution in [0.15, 0.2) is 0 Å². The summed E-state index contributed by atoms with van der Waals surface area (Å²) in [6.07, 6.45) is 3.43. The van der Waals surface area contributed by atoms with E-state index in [1.165, 1.54) is 12.8 Å². The van der Waals surface area contributed by atoms with Crippen molar-refractivity contribution >= 4 is 0 Å². The first-order valence-electron chi connectivity index (χ1n) is 5.40. The Labute approximate surface area is 84.9 Å². The van der Waals surface area contributed by atoms with Gasteiger partial charge in [-0.2, -0.15) is 5.10 Å². The number of unbranched alkanes of at least 4 members (excludes halogenated alkanes) is 1. The van der Waals surface area contributed by atoms with Crippen molar-refractivity contribution < 1.29 is 0 Å². The maximum absolute atomic E-state index is 4.55. The van der Waals surface area contributed by atoms with Crippen molar-refractivity contribution in [1.82, 2.24) is 19.7 Å². The van der Waals surface area contributed by atoms with E-state index in [1.54, 1.807) is 0 Å². The van der Waals surface area contributed by atoms with E-state index in [0.29, 0.717) is 0 Å². The third-order valence-corrected chi connectivity index (χ3v) is 2.65. The lowest BCUT2D eigenvalue weighted by atomic mass is 10.2. The van der Waals surface area contributed by atoms with E-state index in [0.717, 1.165) is 37.7 Å². The van der Waals surface area contributed by atoms with E-state index in [1.807, 2.05) is 0 Å². The highest BCUT2D eigenvalue weighted by atomic mass is 15.4. The van der Waals surface area contributed by atoms with Gasteiger partial charge in [0.25, 0.3) is 0 Å². The van der Waals surface area contributed by atoms with Crippen LogP contribution in [0.25, 0.3) is 0 Å². The second-order valence-electron chi connectivity index (χ2n) is 4.01. The molecule has 0 bridgehead atoms. The number of aromatic nitrogens is 3. The van der Waals surface area contributed by atoms with Crippen LogP contribution in [0.1, 0.15) is 31.4 Å². The Bertz CT molecular complexity index is 305. The number of fused-ring (bicyclic) bond motifs is 1. The van der Waals surface area contributed by atoms with E-state index >= 15 is 0 Å². The highest BCUT2D eigenvalue weighted by Crippen LogP contribution is 2.09. The molecule has 78 valence electrons. The summed E-state index contributed by atoms with van der Waals surface area (Å²) in [5.74, 6) is 2.15. The molecule has 2 rings (SSSR count). The van der Waals surface area contributed by atoms with E-state index in [4.69, 9.17) is 0 Å². The van der Waals surface area contributed by atoms with Crippen molar-refractivity contribution in [3.05, 3.63) is 11.6 Å². The SMILES string of the molecule is CCCCc1nc2n(n1)CCN(C)C2. The Morgan fingerprint density at radius 3 is 3.00 bits per heavy atom. The van der Waals surface area contributed by atoms with Gasteiger partial charge in [-0.25, -0.2) is 9.67 Å². The molecule has 4 heteroatoms. The predicted molar refractivity (Wildman–Crippen MR) is 55.0 cm³/mol. The zero-order valence-electron chi connectivity index (χ0n) is 9.03. The van der Waals surface area contributed by atoms with Crippen molar-refractivity contribution in [3.8, 4) is 0 Å². The highest BCUT2D eigenvalue weighted by Gasteiger charge is 2.16. The molecule has 0 N–H and O–H groups in total. The lowest BCUT2D eigenvalue weighted by Crippen LogP contribution is -2.30. The van der Waals surface area contributed by atoms with Gasteiger partial charge in [0, 0.05) is 13.0 Å². The van der Waals surface area contributed by atoms with Gasteiger partial charge in [0.2, 0.25) is 0 Å². The van der Waals surface area contributed by atoms with Crippen LogP contribution in [-0.4, -0.2) is 33.3 Å². The molecular weight excluding hydrogens is 176 g/mol. The highest BCUT2D eigenvalue weighted by molar-refractivity contribution is 4.95. The van der Waals surface area contributed by atoms with Gasteiger partial charge in [-0.1, -0.05) is 13.3 Å². The molecule has 1 aliphatic heterocycles. The molecule has 0 aromatic carbocycles. The molecule has 0 saturated carbocycles. The molecule has 14 heavy (non-hydrogen) atoms. The van der Waals surface area contributed by atoms with Crippen LogP contribution in [0.4, 0.5) is 0 Å². The summed E-state index contributed by atoms with van der Waals surface area (Å²) in [7, 11) is 2.13. The van der Waals surface area contributed by atoms with Crippen LogP contribution in [0, 0.1) is 0 Å². The van der Waals surface area contributed by atoms with Crippen molar-refractivity contribution in [2.75, 3.05) is 13.6 Å². The number of likely N-dealkylation sites (N-methyl/N-ethyl adjacent to an activating group) is 1. The number of rotatable bonds is 3. The molecule has 0 amide bonds. The van der Waals surface area contributed by atoms with E-state index in [-0.39, 0.29) is 0 Å². The van der Waals surface area contributed by atoms with E-state index in [2.05, 4.69) is 33.6 Å². The van der Waals surface area contributed by atoms with Crippen LogP contribution < -0.4 is 0 Å². The fourth-order valence-electron chi connectivity index (χ4n) is 1.75. The van der Waals surface area contributed by atoms with Crippen LogP contribution in [0.3, 0.4) is 0 Å². The first kappa shape index (κ1) is 9.65.